The summed E-state index contributed by atoms with van der Waals surface area (Å²) in [6, 6.07) is 4.16. The summed E-state index contributed by atoms with van der Waals surface area (Å²) >= 11 is 0. The van der Waals surface area contributed by atoms with E-state index in [2.05, 4.69) is 52.5 Å². The van der Waals surface area contributed by atoms with E-state index in [-0.39, 0.29) is 76.5 Å². The van der Waals surface area contributed by atoms with E-state index in [1.54, 1.807) is 82.4 Å². The van der Waals surface area contributed by atoms with Gasteiger partial charge >= 0.3 is 5.97 Å². The lowest BCUT2D eigenvalue weighted by atomic mass is 9.99. The third-order valence-electron chi connectivity index (χ3n) is 15.0. The monoisotopic (exact) mass is 1230 g/mol. The maximum Gasteiger partial charge on any atom is 0.326 e. The lowest BCUT2D eigenvalue weighted by Crippen LogP contribution is -2.62. The fourth-order valence-electron chi connectivity index (χ4n) is 10.2. The quantitative estimate of drug-likeness (QED) is 0.0172. The van der Waals surface area contributed by atoms with E-state index >= 15 is 0 Å². The summed E-state index contributed by atoms with van der Waals surface area (Å²) in [4.78, 5) is 147. The number of rotatable bonds is 38. The number of carboxylic acid groups (broad SMARTS) is 1. The molecule has 3 aromatic rings. The number of unbranched alkanes of at least 4 members (excludes halogenated alkanes) is 2. The fourth-order valence-corrected chi connectivity index (χ4v) is 10.2. The topological polar surface area (TPSA) is 469 Å². The van der Waals surface area contributed by atoms with E-state index in [1.807, 2.05) is 6.07 Å². The molecule has 1 aromatic heterocycles. The van der Waals surface area contributed by atoms with Gasteiger partial charge in [0.05, 0.1) is 18.7 Å². The highest BCUT2D eigenvalue weighted by Gasteiger charge is 2.39. The predicted molar refractivity (Wildman–Crippen MR) is 331 cm³/mol. The Morgan fingerprint density at radius 2 is 1.19 bits per heavy atom. The number of aromatic nitrogens is 1. The Bertz CT molecular complexity index is 2830. The summed E-state index contributed by atoms with van der Waals surface area (Å²) in [5, 5.41) is 43.2. The number of carboxylic acids is 1. The van der Waals surface area contributed by atoms with Gasteiger partial charge in [0.25, 0.3) is 0 Å². The van der Waals surface area contributed by atoms with Crippen molar-refractivity contribution in [2.24, 2.45) is 45.5 Å². The normalized spacial score (nSPS) is 16.1. The molecule has 21 N–H and O–H groups in total. The number of nitrogens with one attached hydrogen (secondary N) is 9. The van der Waals surface area contributed by atoms with Gasteiger partial charge in [-0.1, -0.05) is 82.6 Å². The summed E-state index contributed by atoms with van der Waals surface area (Å²) < 4.78 is 0. The van der Waals surface area contributed by atoms with Crippen molar-refractivity contribution in [2.45, 2.75) is 179 Å². The lowest BCUT2D eigenvalue weighted by Gasteiger charge is -2.30. The molecule has 0 radical (unpaired) electrons. The fraction of sp³-hybridized carbons (Fsp3) is 0.583. The number of guanidine groups is 1. The van der Waals surface area contributed by atoms with Gasteiger partial charge in [0.2, 0.25) is 53.2 Å². The minimum atomic E-state index is -1.77. The molecule has 1 saturated heterocycles. The molecule has 1 fully saturated rings. The zero-order valence-corrected chi connectivity index (χ0v) is 51.2. The molecule has 0 saturated carbocycles. The highest BCUT2D eigenvalue weighted by atomic mass is 16.4. The van der Waals surface area contributed by atoms with Crippen molar-refractivity contribution in [3.05, 3.63) is 71.9 Å². The summed E-state index contributed by atoms with van der Waals surface area (Å²) in [6.45, 7) is 8.67. The number of H-pyrrole nitrogens is 1. The molecule has 1 aliphatic rings. The average molecular weight is 1230 g/mol. The Balaban J connectivity index is 1.56. The number of para-hydroxylation sites is 1. The van der Waals surface area contributed by atoms with Gasteiger partial charge in [-0.05, 0) is 113 Å². The number of aliphatic hydroxyl groups is 1. The van der Waals surface area contributed by atoms with Gasteiger partial charge in [-0.3, -0.25) is 48.1 Å². The summed E-state index contributed by atoms with van der Waals surface area (Å²) in [6.07, 6.45) is 3.26. The SMILES string of the molecule is CC(C)C[C@H](NC(=O)[C@H](Cc1c[nH]c2ccccc12)NC(=O)[C@@H](NC(=O)[C@H](CCCN=C(N)N)NC(=O)[C@@H](NC(=O)[C@H](CCCCN)NC(=O)[C@@H]1CCCN1C(=O)CNC(=O)[C@@H](N)CCCCN)C(C)C)[C@@H](C)O)C(=O)N[C@@H](Cc1ccccc1)C(=O)O. The molecule has 2 heterocycles. The van der Waals surface area contributed by atoms with Gasteiger partial charge in [-0.15, -0.1) is 0 Å². The number of nitrogens with two attached hydrogens (primary N) is 5. The predicted octanol–water partition coefficient (Wildman–Crippen LogP) is -1.74. The van der Waals surface area contributed by atoms with Crippen LogP contribution in [0, 0.1) is 11.8 Å². The molecule has 1 aliphatic heterocycles. The van der Waals surface area contributed by atoms with Gasteiger partial charge in [-0.2, -0.15) is 0 Å². The van der Waals surface area contributed by atoms with Gasteiger partial charge in [0.1, 0.15) is 48.3 Å². The number of carbonyl (C=O) groups is 10. The largest absolute Gasteiger partial charge is 0.480 e. The molecular formula is C60H94N16O12. The molecule has 88 heavy (non-hydrogen) atoms. The number of amides is 9. The zero-order chi connectivity index (χ0) is 65.0. The van der Waals surface area contributed by atoms with Crippen LogP contribution >= 0.6 is 0 Å². The average Bonchev–Trinajstić information content (AvgIpc) is 2.30. The second-order valence-corrected chi connectivity index (χ2v) is 23.1. The van der Waals surface area contributed by atoms with E-state index in [0.29, 0.717) is 67.1 Å². The third-order valence-corrected chi connectivity index (χ3v) is 15.0. The van der Waals surface area contributed by atoms with Crippen molar-refractivity contribution in [1.82, 2.24) is 52.4 Å². The molecular weight excluding hydrogens is 1140 g/mol. The Morgan fingerprint density at radius 1 is 0.636 bits per heavy atom. The van der Waals surface area contributed by atoms with Gasteiger partial charge in [-0.25, -0.2) is 4.79 Å². The number of hydrogen-bond donors (Lipinski definition) is 16. The first-order valence-corrected chi connectivity index (χ1v) is 30.3. The second kappa shape index (κ2) is 36.8. The Labute approximate surface area is 513 Å². The maximum absolute atomic E-state index is 14.6. The minimum absolute atomic E-state index is 0.00369. The number of benzene rings is 2. The number of aliphatic hydroxyl groups excluding tert-OH is 1. The standard InChI is InChI=1S/C60H94N16O12/c1-34(2)29-44(54(82)73-46(59(87)88)30-37-17-7-6-8-18-37)71-55(83)45(31-38-32-67-41-21-10-9-19-39(38)41)72-58(86)50(36(5)77)75-53(81)43(23-15-27-66-60(64)65)70-57(85)49(35(3)4)74-52(80)42(22-12-14-26-62)69-56(84)47-24-16-28-76(47)48(78)33-68-51(79)40(63)20-11-13-25-61/h6-10,17-19,21,32,34-36,40,42-47,49-50,67,77H,11-16,20,22-31,33,61-63H2,1-5H3,(H,68,79)(H,69,84)(H,70,85)(H,71,83)(H,72,86)(H,73,82)(H,74,80)(H,75,81)(H,87,88)(H4,64,65,66)/t36-,40+,42+,43+,44+,45+,46+,47+,49+,50+/m1/s1. The van der Waals surface area contributed by atoms with Crippen LogP contribution in [-0.4, -0.2) is 178 Å². The van der Waals surface area contributed by atoms with Crippen molar-refractivity contribution in [1.29, 1.82) is 0 Å². The molecule has 0 aliphatic carbocycles. The van der Waals surface area contributed by atoms with Crippen molar-refractivity contribution in [2.75, 3.05) is 32.7 Å². The Kier molecular flexibility index (Phi) is 30.2. The molecule has 0 spiro atoms. The van der Waals surface area contributed by atoms with Crippen molar-refractivity contribution in [3.8, 4) is 0 Å². The molecule has 28 nitrogen and oxygen atoms in total. The molecule has 2 aromatic carbocycles. The number of nitrogens with zero attached hydrogens (tertiary/aromatic N) is 2. The number of aliphatic imine (C=N–C) groups is 1. The first kappa shape index (κ1) is 72.3. The van der Waals surface area contributed by atoms with Gasteiger partial charge in [0, 0.05) is 43.0 Å². The number of aliphatic carboxylic acids is 1. The smallest absolute Gasteiger partial charge is 0.326 e. The Hall–Kier alpha value is -8.21. The summed E-state index contributed by atoms with van der Waals surface area (Å²) in [5.74, 6) is -9.24. The number of likely N-dealkylation sites (tertiary alicyclic amines) is 1. The van der Waals surface area contributed by atoms with Crippen LogP contribution in [0.4, 0.5) is 0 Å². The first-order chi connectivity index (χ1) is 41.8. The molecule has 9 amide bonds. The highest BCUT2D eigenvalue weighted by Crippen LogP contribution is 2.21. The minimum Gasteiger partial charge on any atom is -0.480 e. The molecule has 4 rings (SSSR count). The zero-order valence-electron chi connectivity index (χ0n) is 51.2. The van der Waals surface area contributed by atoms with E-state index < -0.39 is 132 Å². The van der Waals surface area contributed by atoms with Crippen LogP contribution in [0.5, 0.6) is 0 Å². The number of carbonyl (C=O) groups excluding carboxylic acids is 9. The lowest BCUT2D eigenvalue weighted by molar-refractivity contribution is -0.142. The van der Waals surface area contributed by atoms with Gasteiger partial charge < -0.3 is 91.3 Å². The first-order valence-electron chi connectivity index (χ1n) is 30.3. The maximum atomic E-state index is 14.6. The number of hydrogen-bond acceptors (Lipinski definition) is 15. The summed E-state index contributed by atoms with van der Waals surface area (Å²) in [7, 11) is 0. The molecule has 0 bridgehead atoms. The van der Waals surface area contributed by atoms with Crippen LogP contribution in [0.15, 0.2) is 65.8 Å². The number of fused-ring (bicyclic) bond motifs is 1. The summed E-state index contributed by atoms with van der Waals surface area (Å²) in [5.41, 5.74) is 30.4. The van der Waals surface area contributed by atoms with Gasteiger partial charge in [0.15, 0.2) is 5.96 Å². The Morgan fingerprint density at radius 3 is 1.82 bits per heavy atom. The van der Waals surface area contributed by atoms with E-state index in [4.69, 9.17) is 28.7 Å². The van der Waals surface area contributed by atoms with Crippen LogP contribution in [-0.2, 0) is 60.8 Å². The van der Waals surface area contributed by atoms with E-state index in [9.17, 15) is 58.2 Å². The van der Waals surface area contributed by atoms with E-state index in [0.717, 1.165) is 0 Å². The van der Waals surface area contributed by atoms with Crippen LogP contribution < -0.4 is 71.2 Å². The van der Waals surface area contributed by atoms with Crippen molar-refractivity contribution >= 4 is 76.0 Å². The molecule has 0 unspecified atom stereocenters. The molecule has 28 heteroatoms. The van der Waals surface area contributed by atoms with Crippen molar-refractivity contribution < 1.29 is 58.2 Å². The van der Waals surface area contributed by atoms with Crippen LogP contribution in [0.3, 0.4) is 0 Å². The van der Waals surface area contributed by atoms with Crippen molar-refractivity contribution in [3.63, 3.8) is 0 Å². The van der Waals surface area contributed by atoms with Crippen LogP contribution in [0.2, 0.25) is 0 Å². The van der Waals surface area contributed by atoms with Crippen LogP contribution in [0.1, 0.15) is 116 Å². The molecule has 486 valence electrons. The second-order valence-electron chi connectivity index (χ2n) is 23.1. The molecule has 10 atom stereocenters. The van der Waals surface area contributed by atoms with E-state index in [1.165, 1.54) is 11.8 Å². The highest BCUT2D eigenvalue weighted by molar-refractivity contribution is 5.99. The number of aromatic amines is 1. The third kappa shape index (κ3) is 23.5. The van der Waals surface area contributed by atoms with Crippen LogP contribution in [0.25, 0.3) is 10.9 Å².